The molecule has 2 aliphatic rings. The molecule has 0 aromatic heterocycles. The number of amides is 2. The highest BCUT2D eigenvalue weighted by Crippen LogP contribution is 2.28. The molecule has 2 aromatic carbocycles. The summed E-state index contributed by atoms with van der Waals surface area (Å²) in [4.78, 5) is 70.6. The van der Waals surface area contributed by atoms with Gasteiger partial charge < -0.3 is 39.8 Å². The van der Waals surface area contributed by atoms with Gasteiger partial charge in [0.1, 0.15) is 11.5 Å². The number of hydrogen-bond acceptors (Lipinski definition) is 10. The van der Waals surface area contributed by atoms with Crippen LogP contribution in [0.5, 0.6) is 11.5 Å². The van der Waals surface area contributed by atoms with Gasteiger partial charge in [-0.05, 0) is 74.9 Å². The van der Waals surface area contributed by atoms with Crippen LogP contribution in [0.4, 0.5) is 0 Å². The van der Waals surface area contributed by atoms with Gasteiger partial charge in [0.2, 0.25) is 0 Å². The second kappa shape index (κ2) is 17.7. The van der Waals surface area contributed by atoms with Crippen molar-refractivity contribution in [2.24, 2.45) is 11.8 Å². The van der Waals surface area contributed by atoms with Gasteiger partial charge in [-0.1, -0.05) is 12.8 Å². The molecule has 0 spiro atoms. The summed E-state index contributed by atoms with van der Waals surface area (Å²) in [5, 5.41) is 23.8. The molecule has 0 heterocycles. The van der Waals surface area contributed by atoms with Crippen LogP contribution in [0.1, 0.15) is 92.8 Å². The second-order valence-corrected chi connectivity index (χ2v) is 11.6. The van der Waals surface area contributed by atoms with E-state index in [9.17, 15) is 28.8 Å². The SMILES string of the molecule is COC(=O)c1ccc(OC)c(C(=O)NC2CCCC(C(=O)OC)C2)c1.COc1ccc(C(=O)O)cc1C(=O)NC1CCCC(C(=O)O)C1. The maximum atomic E-state index is 12.6. The Hall–Kier alpha value is -5.14. The molecule has 0 aliphatic heterocycles. The van der Waals surface area contributed by atoms with Crippen LogP contribution in [0.3, 0.4) is 0 Å². The Bertz CT molecular complexity index is 1510. The lowest BCUT2D eigenvalue weighted by Crippen LogP contribution is -2.40. The van der Waals surface area contributed by atoms with Gasteiger partial charge in [0, 0.05) is 12.1 Å². The number of nitrogens with one attached hydrogen (secondary N) is 2. The summed E-state index contributed by atoms with van der Waals surface area (Å²) in [7, 11) is 5.50. The van der Waals surface area contributed by atoms with Crippen LogP contribution in [0, 0.1) is 11.8 Å². The molecule has 2 aromatic rings. The molecule has 2 amide bonds. The van der Waals surface area contributed by atoms with E-state index in [0.717, 1.165) is 25.7 Å². The topological polar surface area (TPSA) is 204 Å². The molecule has 2 fully saturated rings. The van der Waals surface area contributed by atoms with Crippen molar-refractivity contribution in [3.8, 4) is 11.5 Å². The van der Waals surface area contributed by atoms with Crippen LogP contribution in [0.2, 0.25) is 0 Å². The predicted octanol–water partition coefficient (Wildman–Crippen LogP) is 3.71. The Kier molecular flexibility index (Phi) is 13.8. The number of benzene rings is 2. The van der Waals surface area contributed by atoms with E-state index in [1.807, 2.05) is 0 Å². The van der Waals surface area contributed by atoms with Gasteiger partial charge in [-0.15, -0.1) is 0 Å². The first-order valence-corrected chi connectivity index (χ1v) is 15.5. The zero-order valence-electron chi connectivity index (χ0n) is 27.4. The number of carboxylic acid groups (broad SMARTS) is 2. The zero-order valence-corrected chi connectivity index (χ0v) is 27.4. The Morgan fingerprint density at radius 3 is 1.58 bits per heavy atom. The summed E-state index contributed by atoms with van der Waals surface area (Å²) in [6.07, 6.45) is 5.35. The molecular weight excluding hydrogens is 628 g/mol. The number of hydrogen-bond donors (Lipinski definition) is 4. The van der Waals surface area contributed by atoms with E-state index >= 15 is 0 Å². The summed E-state index contributed by atoms with van der Waals surface area (Å²) in [5.41, 5.74) is 0.642. The lowest BCUT2D eigenvalue weighted by molar-refractivity contribution is -0.147. The minimum Gasteiger partial charge on any atom is -0.496 e. The first-order valence-electron chi connectivity index (χ1n) is 15.5. The number of carboxylic acids is 2. The molecule has 48 heavy (non-hydrogen) atoms. The Morgan fingerprint density at radius 1 is 0.646 bits per heavy atom. The molecule has 2 aliphatic carbocycles. The normalized spacial score (nSPS) is 20.1. The van der Waals surface area contributed by atoms with Gasteiger partial charge in [-0.3, -0.25) is 19.2 Å². The first kappa shape index (κ1) is 37.3. The number of aliphatic carboxylic acids is 1. The van der Waals surface area contributed by atoms with Crippen molar-refractivity contribution in [2.75, 3.05) is 28.4 Å². The van der Waals surface area contributed by atoms with E-state index in [4.69, 9.17) is 24.4 Å². The fraction of sp³-hybridized carbons (Fsp3) is 0.471. The average Bonchev–Trinajstić information content (AvgIpc) is 3.10. The number of methoxy groups -OCH3 is 4. The van der Waals surface area contributed by atoms with Crippen molar-refractivity contribution < 1.29 is 57.9 Å². The van der Waals surface area contributed by atoms with Crippen molar-refractivity contribution in [2.45, 2.75) is 63.5 Å². The van der Waals surface area contributed by atoms with E-state index in [1.54, 1.807) is 6.07 Å². The lowest BCUT2D eigenvalue weighted by Gasteiger charge is -2.28. The molecule has 2 saturated carbocycles. The van der Waals surface area contributed by atoms with Crippen molar-refractivity contribution in [1.29, 1.82) is 0 Å². The molecule has 4 rings (SSSR count). The highest BCUT2D eigenvalue weighted by atomic mass is 16.5. The summed E-state index contributed by atoms with van der Waals surface area (Å²) in [5.74, 6) is -3.58. The van der Waals surface area contributed by atoms with Gasteiger partial charge in [0.15, 0.2) is 0 Å². The molecule has 0 saturated heterocycles. The molecule has 260 valence electrons. The highest BCUT2D eigenvalue weighted by molar-refractivity contribution is 6.01. The lowest BCUT2D eigenvalue weighted by atomic mass is 9.85. The van der Waals surface area contributed by atoms with Gasteiger partial charge in [0.25, 0.3) is 11.8 Å². The van der Waals surface area contributed by atoms with E-state index in [2.05, 4.69) is 15.4 Å². The van der Waals surface area contributed by atoms with E-state index in [-0.39, 0.29) is 57.9 Å². The summed E-state index contributed by atoms with van der Waals surface area (Å²) in [6, 6.07) is 8.22. The number of ether oxygens (including phenoxy) is 4. The summed E-state index contributed by atoms with van der Waals surface area (Å²) >= 11 is 0. The van der Waals surface area contributed by atoms with Crippen molar-refractivity contribution in [3.63, 3.8) is 0 Å². The minimum absolute atomic E-state index is 0.0111. The van der Waals surface area contributed by atoms with Gasteiger partial charge in [-0.2, -0.15) is 0 Å². The van der Waals surface area contributed by atoms with Gasteiger partial charge in [-0.25, -0.2) is 9.59 Å². The molecule has 4 N–H and O–H groups in total. The molecule has 0 bridgehead atoms. The Labute approximate surface area is 278 Å². The van der Waals surface area contributed by atoms with E-state index in [1.165, 1.54) is 58.8 Å². The fourth-order valence-corrected chi connectivity index (χ4v) is 5.92. The zero-order chi connectivity index (χ0) is 35.4. The summed E-state index contributed by atoms with van der Waals surface area (Å²) < 4.78 is 19.8. The van der Waals surface area contributed by atoms with Gasteiger partial charge in [0.05, 0.1) is 62.5 Å². The smallest absolute Gasteiger partial charge is 0.337 e. The van der Waals surface area contributed by atoms with Crippen LogP contribution in [0.25, 0.3) is 0 Å². The Balaban J connectivity index is 0.000000261. The number of carbonyl (C=O) groups is 6. The molecule has 14 nitrogen and oxygen atoms in total. The third kappa shape index (κ3) is 9.93. The highest BCUT2D eigenvalue weighted by Gasteiger charge is 2.30. The van der Waals surface area contributed by atoms with E-state index in [0.29, 0.717) is 31.4 Å². The quantitative estimate of drug-likeness (QED) is 0.267. The molecule has 4 atom stereocenters. The molecule has 14 heteroatoms. The summed E-state index contributed by atoms with van der Waals surface area (Å²) in [6.45, 7) is 0. The standard InChI is InChI=1S/C18H23NO6.C16H19NO6/c1-23-15-8-7-12(18(22)25-3)10-14(15)16(20)19-13-6-4-5-11(9-13)17(21)24-2;1-23-13-6-5-10(16(21)22)8-12(13)14(18)17-11-4-2-3-9(7-11)15(19)20/h7-8,10-11,13H,4-6,9H2,1-3H3,(H,19,20);5-6,8-9,11H,2-4,7H2,1H3,(H,17,18)(H,19,20)(H,21,22). The number of aromatic carboxylic acids is 1. The van der Waals surface area contributed by atoms with Crippen LogP contribution in [0.15, 0.2) is 36.4 Å². The minimum atomic E-state index is -1.13. The van der Waals surface area contributed by atoms with Crippen LogP contribution in [-0.2, 0) is 19.1 Å². The van der Waals surface area contributed by atoms with Gasteiger partial charge >= 0.3 is 23.9 Å². The fourth-order valence-electron chi connectivity index (χ4n) is 5.92. The molecule has 0 radical (unpaired) electrons. The number of esters is 2. The van der Waals surface area contributed by atoms with E-state index < -0.39 is 29.7 Å². The first-order chi connectivity index (χ1) is 22.9. The maximum Gasteiger partial charge on any atom is 0.337 e. The van der Waals surface area contributed by atoms with Crippen LogP contribution >= 0.6 is 0 Å². The maximum absolute atomic E-state index is 12.6. The van der Waals surface area contributed by atoms with Crippen molar-refractivity contribution in [1.82, 2.24) is 10.6 Å². The largest absolute Gasteiger partial charge is 0.496 e. The third-order valence-electron chi connectivity index (χ3n) is 8.46. The number of rotatable bonds is 10. The average molecular weight is 671 g/mol. The predicted molar refractivity (Wildman–Crippen MR) is 170 cm³/mol. The van der Waals surface area contributed by atoms with Crippen molar-refractivity contribution in [3.05, 3.63) is 58.7 Å². The second-order valence-electron chi connectivity index (χ2n) is 11.6. The van der Waals surface area contributed by atoms with Crippen molar-refractivity contribution >= 4 is 35.7 Å². The Morgan fingerprint density at radius 2 is 1.12 bits per heavy atom. The van der Waals surface area contributed by atoms with Crippen LogP contribution < -0.4 is 20.1 Å². The monoisotopic (exact) mass is 670 g/mol. The molecule has 4 unspecified atom stereocenters. The third-order valence-corrected chi connectivity index (χ3v) is 8.46. The number of carbonyl (C=O) groups excluding carboxylic acids is 4. The molecular formula is C34H42N2O12. The van der Waals surface area contributed by atoms with Crippen LogP contribution in [-0.4, -0.2) is 86.4 Å².